The molecule has 10 rings (SSSR count). The third kappa shape index (κ3) is 3.31. The summed E-state index contributed by atoms with van der Waals surface area (Å²) in [6.45, 7) is 0. The summed E-state index contributed by atoms with van der Waals surface area (Å²) in [5, 5.41) is 11.1. The van der Waals surface area contributed by atoms with E-state index in [1.807, 2.05) is 11.3 Å². The van der Waals surface area contributed by atoms with Gasteiger partial charge in [-0.05, 0) is 51.9 Å². The van der Waals surface area contributed by atoms with Gasteiger partial charge in [-0.3, -0.25) is 4.57 Å². The van der Waals surface area contributed by atoms with Gasteiger partial charge in [0.1, 0.15) is 0 Å². The fourth-order valence-electron chi connectivity index (χ4n) is 6.99. The molecule has 0 radical (unpaired) electrons. The zero-order valence-electron chi connectivity index (χ0n) is 23.5. The average Bonchev–Trinajstić information content (AvgIpc) is 3.61. The molecule has 44 heavy (non-hydrogen) atoms. The van der Waals surface area contributed by atoms with Gasteiger partial charge in [-0.25, -0.2) is 9.97 Å². The van der Waals surface area contributed by atoms with Gasteiger partial charge >= 0.3 is 0 Å². The molecule has 0 aliphatic heterocycles. The van der Waals surface area contributed by atoms with Gasteiger partial charge in [0.15, 0.2) is 0 Å². The van der Waals surface area contributed by atoms with Crippen LogP contribution in [0.4, 0.5) is 0 Å². The van der Waals surface area contributed by atoms with Crippen molar-refractivity contribution in [1.29, 1.82) is 0 Å². The SMILES string of the molecule is c1ccc2cc3c(cc2c1)sc1c3ccc2c1c1ccccc1n2-c1nc(-c2cccc3ccccc23)c2ccccc2n1. The number of para-hydroxylation sites is 2. The summed E-state index contributed by atoms with van der Waals surface area (Å²) in [5.41, 5.74) is 5.22. The fourth-order valence-corrected chi connectivity index (χ4v) is 8.28. The number of fused-ring (bicyclic) bond motifs is 10. The molecule has 0 saturated heterocycles. The van der Waals surface area contributed by atoms with Crippen LogP contribution in [0.5, 0.6) is 0 Å². The van der Waals surface area contributed by atoms with E-state index in [1.165, 1.54) is 52.5 Å². The number of thiophene rings is 1. The Hall–Kier alpha value is -5.58. The highest BCUT2D eigenvalue weighted by atomic mass is 32.1. The molecule has 0 saturated carbocycles. The van der Waals surface area contributed by atoms with Crippen LogP contribution in [0.3, 0.4) is 0 Å². The fraction of sp³-hybridized carbons (Fsp3) is 0. The van der Waals surface area contributed by atoms with Crippen LogP contribution in [0.15, 0.2) is 140 Å². The van der Waals surface area contributed by atoms with Crippen LogP contribution in [0, 0.1) is 0 Å². The van der Waals surface area contributed by atoms with E-state index >= 15 is 0 Å². The first kappa shape index (κ1) is 23.9. The molecule has 204 valence electrons. The molecule has 4 heteroatoms. The number of hydrogen-bond donors (Lipinski definition) is 0. The second-order valence-corrected chi connectivity index (χ2v) is 12.5. The second-order valence-electron chi connectivity index (χ2n) is 11.4. The molecule has 3 heterocycles. The van der Waals surface area contributed by atoms with Crippen molar-refractivity contribution >= 4 is 85.8 Å². The highest BCUT2D eigenvalue weighted by molar-refractivity contribution is 7.26. The second kappa shape index (κ2) is 8.96. The maximum Gasteiger partial charge on any atom is 0.235 e. The Bertz CT molecular complexity index is 2780. The lowest BCUT2D eigenvalue weighted by atomic mass is 9.99. The maximum atomic E-state index is 5.38. The van der Waals surface area contributed by atoms with Crippen molar-refractivity contribution in [1.82, 2.24) is 14.5 Å². The summed E-state index contributed by atoms with van der Waals surface area (Å²) in [6, 6.07) is 49.9. The van der Waals surface area contributed by atoms with E-state index in [2.05, 4.69) is 144 Å². The zero-order chi connectivity index (χ0) is 28.8. The number of nitrogens with zero attached hydrogens (tertiary/aromatic N) is 3. The first-order chi connectivity index (χ1) is 21.8. The molecule has 0 spiro atoms. The van der Waals surface area contributed by atoms with Crippen LogP contribution < -0.4 is 0 Å². The molecule has 0 unspecified atom stereocenters. The van der Waals surface area contributed by atoms with Gasteiger partial charge in [-0.15, -0.1) is 11.3 Å². The van der Waals surface area contributed by atoms with Crippen LogP contribution in [0.2, 0.25) is 0 Å². The molecule has 3 nitrogen and oxygen atoms in total. The number of hydrogen-bond acceptors (Lipinski definition) is 3. The monoisotopic (exact) mass is 577 g/mol. The van der Waals surface area contributed by atoms with Crippen molar-refractivity contribution in [2.75, 3.05) is 0 Å². The molecule has 10 aromatic rings. The van der Waals surface area contributed by atoms with Crippen molar-refractivity contribution in [2.45, 2.75) is 0 Å². The molecule has 0 N–H and O–H groups in total. The van der Waals surface area contributed by atoms with E-state index in [-0.39, 0.29) is 0 Å². The molecule has 0 fully saturated rings. The Balaban J connectivity index is 1.32. The quantitative estimate of drug-likeness (QED) is 0.205. The molecule has 0 bridgehead atoms. The van der Waals surface area contributed by atoms with E-state index in [0.717, 1.165) is 33.2 Å². The van der Waals surface area contributed by atoms with Crippen molar-refractivity contribution in [3.63, 3.8) is 0 Å². The Morgan fingerprint density at radius 1 is 0.477 bits per heavy atom. The van der Waals surface area contributed by atoms with Crippen molar-refractivity contribution in [3.8, 4) is 17.2 Å². The van der Waals surface area contributed by atoms with Crippen LogP contribution in [-0.2, 0) is 0 Å². The maximum absolute atomic E-state index is 5.38. The third-order valence-electron chi connectivity index (χ3n) is 8.98. The first-order valence-corrected chi connectivity index (χ1v) is 15.7. The minimum Gasteiger partial charge on any atom is -0.278 e. The van der Waals surface area contributed by atoms with Crippen LogP contribution >= 0.6 is 11.3 Å². The van der Waals surface area contributed by atoms with Gasteiger partial charge in [-0.2, -0.15) is 0 Å². The van der Waals surface area contributed by atoms with Gasteiger partial charge in [0.2, 0.25) is 5.95 Å². The lowest BCUT2D eigenvalue weighted by Gasteiger charge is -2.13. The largest absolute Gasteiger partial charge is 0.278 e. The molecule has 3 aromatic heterocycles. The molecular weight excluding hydrogens is 555 g/mol. The normalized spacial score (nSPS) is 12.1. The molecule has 0 atom stereocenters. The highest BCUT2D eigenvalue weighted by Crippen LogP contribution is 2.44. The Labute approximate surface area is 256 Å². The third-order valence-corrected chi connectivity index (χ3v) is 10.2. The van der Waals surface area contributed by atoms with E-state index < -0.39 is 0 Å². The van der Waals surface area contributed by atoms with Crippen LogP contribution in [0.25, 0.3) is 91.6 Å². The van der Waals surface area contributed by atoms with E-state index in [9.17, 15) is 0 Å². The Morgan fingerprint density at radius 3 is 2.07 bits per heavy atom. The number of rotatable bonds is 2. The predicted octanol–water partition coefficient (Wildman–Crippen LogP) is 11.1. The van der Waals surface area contributed by atoms with Crippen molar-refractivity contribution in [2.24, 2.45) is 0 Å². The van der Waals surface area contributed by atoms with E-state index in [4.69, 9.17) is 9.97 Å². The molecule has 0 amide bonds. The molecular formula is C40H23N3S. The van der Waals surface area contributed by atoms with Crippen LogP contribution in [0.1, 0.15) is 0 Å². The lowest BCUT2D eigenvalue weighted by molar-refractivity contribution is 1.01. The predicted molar refractivity (Wildman–Crippen MR) is 187 cm³/mol. The number of aromatic nitrogens is 3. The standard InChI is InChI=1S/C40H23N3S/c1-2-12-26-23-36-32(22-25(26)11-1)29-20-21-35-37(39(29)44-36)31-16-6-8-19-34(31)43(35)40-41-33-18-7-5-15-30(33)38(42-40)28-17-9-13-24-10-3-4-14-27(24)28/h1-23H. The Morgan fingerprint density at radius 2 is 1.18 bits per heavy atom. The number of benzene rings is 7. The minimum absolute atomic E-state index is 0.684. The summed E-state index contributed by atoms with van der Waals surface area (Å²) >= 11 is 1.88. The van der Waals surface area contributed by atoms with Gasteiger partial charge < -0.3 is 0 Å². The van der Waals surface area contributed by atoms with E-state index in [1.54, 1.807) is 0 Å². The van der Waals surface area contributed by atoms with Crippen molar-refractivity contribution < 1.29 is 0 Å². The van der Waals surface area contributed by atoms with Gasteiger partial charge in [0, 0.05) is 41.9 Å². The Kier molecular flexibility index (Phi) is 4.87. The summed E-state index contributed by atoms with van der Waals surface area (Å²) in [6.07, 6.45) is 0. The van der Waals surface area contributed by atoms with Gasteiger partial charge in [0.05, 0.1) is 22.2 Å². The average molecular weight is 578 g/mol. The smallest absolute Gasteiger partial charge is 0.235 e. The van der Waals surface area contributed by atoms with Crippen molar-refractivity contribution in [3.05, 3.63) is 140 Å². The summed E-state index contributed by atoms with van der Waals surface area (Å²) < 4.78 is 4.87. The zero-order valence-corrected chi connectivity index (χ0v) is 24.3. The molecule has 0 aliphatic carbocycles. The van der Waals surface area contributed by atoms with Crippen LogP contribution in [-0.4, -0.2) is 14.5 Å². The summed E-state index contributed by atoms with van der Waals surface area (Å²) in [5.74, 6) is 0.684. The lowest BCUT2D eigenvalue weighted by Crippen LogP contribution is -2.03. The topological polar surface area (TPSA) is 30.7 Å². The summed E-state index contributed by atoms with van der Waals surface area (Å²) in [4.78, 5) is 10.6. The molecule has 7 aromatic carbocycles. The van der Waals surface area contributed by atoms with E-state index in [0.29, 0.717) is 5.95 Å². The highest BCUT2D eigenvalue weighted by Gasteiger charge is 2.20. The summed E-state index contributed by atoms with van der Waals surface area (Å²) in [7, 11) is 0. The minimum atomic E-state index is 0.684. The first-order valence-electron chi connectivity index (χ1n) is 14.8. The molecule has 0 aliphatic rings. The van der Waals surface area contributed by atoms with Gasteiger partial charge in [0.25, 0.3) is 0 Å². The van der Waals surface area contributed by atoms with Gasteiger partial charge in [-0.1, -0.05) is 109 Å².